The minimum atomic E-state index is 0.798. The molecule has 3 nitrogen and oxygen atoms in total. The third-order valence-electron chi connectivity index (χ3n) is 2.92. The van der Waals surface area contributed by atoms with Gasteiger partial charge in [0.1, 0.15) is 5.82 Å². The number of aryl methyl sites for hydroxylation is 2. The van der Waals surface area contributed by atoms with Gasteiger partial charge in [0.25, 0.3) is 0 Å². The number of nitrogens with one attached hydrogen (secondary N) is 1. The van der Waals surface area contributed by atoms with Crippen LogP contribution in [0.1, 0.15) is 24.5 Å². The molecule has 0 aliphatic rings. The van der Waals surface area contributed by atoms with Gasteiger partial charge in [-0.2, -0.15) is 0 Å². The number of aromatic nitrogens is 2. The molecule has 0 saturated carbocycles. The number of hydrogen-bond donors (Lipinski definition) is 1. The second-order valence-corrected chi connectivity index (χ2v) is 4.46. The molecule has 1 N–H and O–H groups in total. The van der Waals surface area contributed by atoms with Crippen LogP contribution in [0.25, 0.3) is 11.4 Å². The van der Waals surface area contributed by atoms with Crippen LogP contribution >= 0.6 is 0 Å². The van der Waals surface area contributed by atoms with Gasteiger partial charge in [0, 0.05) is 18.3 Å². The topological polar surface area (TPSA) is 37.8 Å². The minimum absolute atomic E-state index is 0.798. The molecule has 0 aliphatic heterocycles. The molecule has 0 atom stereocenters. The molecule has 2 rings (SSSR count). The van der Waals surface area contributed by atoms with Gasteiger partial charge in [0.15, 0.2) is 5.82 Å². The first kappa shape index (κ1) is 12.6. The average molecular weight is 241 g/mol. The van der Waals surface area contributed by atoms with Crippen LogP contribution in [0.5, 0.6) is 0 Å². The molecule has 0 amide bonds. The normalized spacial score (nSPS) is 10.4. The molecule has 0 spiro atoms. The predicted octanol–water partition coefficient (Wildman–Crippen LogP) is 3.58. The van der Waals surface area contributed by atoms with Crippen LogP contribution in [0.2, 0.25) is 0 Å². The van der Waals surface area contributed by atoms with Gasteiger partial charge >= 0.3 is 0 Å². The van der Waals surface area contributed by atoms with Crippen molar-refractivity contribution in [2.45, 2.75) is 27.2 Å². The summed E-state index contributed by atoms with van der Waals surface area (Å²) in [5, 5.41) is 3.29. The summed E-state index contributed by atoms with van der Waals surface area (Å²) in [6, 6.07) is 8.16. The predicted molar refractivity (Wildman–Crippen MR) is 75.7 cm³/mol. The molecule has 0 saturated heterocycles. The van der Waals surface area contributed by atoms with Crippen molar-refractivity contribution >= 4 is 5.82 Å². The summed E-state index contributed by atoms with van der Waals surface area (Å²) in [4.78, 5) is 8.97. The van der Waals surface area contributed by atoms with E-state index in [1.54, 1.807) is 0 Å². The number of hydrogen-bond acceptors (Lipinski definition) is 3. The smallest absolute Gasteiger partial charge is 0.162 e. The molecule has 3 heteroatoms. The van der Waals surface area contributed by atoms with Crippen LogP contribution < -0.4 is 5.32 Å². The fraction of sp³-hybridized carbons (Fsp3) is 0.333. The van der Waals surface area contributed by atoms with Gasteiger partial charge in [-0.15, -0.1) is 0 Å². The van der Waals surface area contributed by atoms with Gasteiger partial charge in [-0.05, 0) is 37.5 Å². The first-order chi connectivity index (χ1) is 8.72. The second kappa shape index (κ2) is 5.63. The van der Waals surface area contributed by atoms with Gasteiger partial charge in [0.2, 0.25) is 0 Å². The molecule has 1 heterocycles. The SMILES string of the molecule is CCCNc1ccnc(-c2c(C)cccc2C)n1. The zero-order valence-corrected chi connectivity index (χ0v) is 11.2. The maximum atomic E-state index is 4.58. The van der Waals surface area contributed by atoms with Crippen molar-refractivity contribution in [2.75, 3.05) is 11.9 Å². The van der Waals surface area contributed by atoms with E-state index in [4.69, 9.17) is 0 Å². The number of rotatable bonds is 4. The fourth-order valence-corrected chi connectivity index (χ4v) is 2.00. The maximum absolute atomic E-state index is 4.58. The van der Waals surface area contributed by atoms with Crippen LogP contribution in [-0.4, -0.2) is 16.5 Å². The zero-order chi connectivity index (χ0) is 13.0. The van der Waals surface area contributed by atoms with Crippen molar-refractivity contribution in [3.8, 4) is 11.4 Å². The molecule has 0 radical (unpaired) electrons. The molecule has 18 heavy (non-hydrogen) atoms. The van der Waals surface area contributed by atoms with E-state index in [0.717, 1.165) is 30.2 Å². The molecular formula is C15H19N3. The standard InChI is InChI=1S/C15H19N3/c1-4-9-16-13-8-10-17-15(18-13)14-11(2)6-5-7-12(14)3/h5-8,10H,4,9H2,1-3H3,(H,16,17,18). The summed E-state index contributed by atoms with van der Waals surface area (Å²) in [7, 11) is 0. The maximum Gasteiger partial charge on any atom is 0.162 e. The largest absolute Gasteiger partial charge is 0.370 e. The van der Waals surface area contributed by atoms with Crippen molar-refractivity contribution in [2.24, 2.45) is 0 Å². The zero-order valence-electron chi connectivity index (χ0n) is 11.2. The van der Waals surface area contributed by atoms with E-state index in [2.05, 4.69) is 54.3 Å². The monoisotopic (exact) mass is 241 g/mol. The Bertz CT molecular complexity index is 515. The van der Waals surface area contributed by atoms with Gasteiger partial charge in [0.05, 0.1) is 0 Å². The Morgan fingerprint density at radius 3 is 2.50 bits per heavy atom. The third-order valence-corrected chi connectivity index (χ3v) is 2.92. The first-order valence-electron chi connectivity index (χ1n) is 6.36. The molecule has 0 bridgehead atoms. The highest BCUT2D eigenvalue weighted by molar-refractivity contribution is 5.65. The Labute approximate surface area is 108 Å². The van der Waals surface area contributed by atoms with E-state index < -0.39 is 0 Å². The number of benzene rings is 1. The van der Waals surface area contributed by atoms with Crippen LogP contribution in [-0.2, 0) is 0 Å². The van der Waals surface area contributed by atoms with Crippen molar-refractivity contribution in [3.63, 3.8) is 0 Å². The van der Waals surface area contributed by atoms with Gasteiger partial charge in [-0.3, -0.25) is 0 Å². The number of anilines is 1. The molecule has 1 aromatic heterocycles. The summed E-state index contributed by atoms with van der Waals surface area (Å²) in [5.41, 5.74) is 3.56. The van der Waals surface area contributed by atoms with E-state index in [9.17, 15) is 0 Å². The molecule has 2 aromatic rings. The lowest BCUT2D eigenvalue weighted by atomic mass is 10.0. The lowest BCUT2D eigenvalue weighted by Crippen LogP contribution is -2.03. The second-order valence-electron chi connectivity index (χ2n) is 4.46. The molecule has 0 aliphatic carbocycles. The van der Waals surface area contributed by atoms with E-state index in [-0.39, 0.29) is 0 Å². The molecule has 0 unspecified atom stereocenters. The van der Waals surface area contributed by atoms with E-state index in [0.29, 0.717) is 0 Å². The lowest BCUT2D eigenvalue weighted by Gasteiger charge is -2.10. The van der Waals surface area contributed by atoms with Gasteiger partial charge in [-0.25, -0.2) is 9.97 Å². The summed E-state index contributed by atoms with van der Waals surface area (Å²) in [6.07, 6.45) is 2.90. The molecular weight excluding hydrogens is 222 g/mol. The first-order valence-corrected chi connectivity index (χ1v) is 6.36. The minimum Gasteiger partial charge on any atom is -0.370 e. The summed E-state index contributed by atoms with van der Waals surface area (Å²) < 4.78 is 0. The van der Waals surface area contributed by atoms with Crippen molar-refractivity contribution in [1.82, 2.24) is 9.97 Å². The highest BCUT2D eigenvalue weighted by Crippen LogP contribution is 2.24. The Hall–Kier alpha value is -1.90. The number of nitrogens with zero attached hydrogens (tertiary/aromatic N) is 2. The van der Waals surface area contributed by atoms with E-state index >= 15 is 0 Å². The van der Waals surface area contributed by atoms with Gasteiger partial charge < -0.3 is 5.32 Å². The Morgan fingerprint density at radius 1 is 1.11 bits per heavy atom. The summed E-state index contributed by atoms with van der Waals surface area (Å²) in [6.45, 7) is 7.26. The van der Waals surface area contributed by atoms with E-state index in [1.807, 2.05) is 12.3 Å². The molecule has 0 fully saturated rings. The average Bonchev–Trinajstić information content (AvgIpc) is 2.37. The highest BCUT2D eigenvalue weighted by atomic mass is 15.0. The Morgan fingerprint density at radius 2 is 1.83 bits per heavy atom. The quantitative estimate of drug-likeness (QED) is 0.889. The van der Waals surface area contributed by atoms with E-state index in [1.165, 1.54) is 11.1 Å². The Balaban J connectivity index is 2.38. The lowest BCUT2D eigenvalue weighted by molar-refractivity contribution is 0.965. The highest BCUT2D eigenvalue weighted by Gasteiger charge is 2.08. The van der Waals surface area contributed by atoms with Crippen molar-refractivity contribution in [3.05, 3.63) is 41.6 Å². The summed E-state index contributed by atoms with van der Waals surface area (Å²) >= 11 is 0. The van der Waals surface area contributed by atoms with Crippen LogP contribution in [0.15, 0.2) is 30.5 Å². The van der Waals surface area contributed by atoms with Crippen molar-refractivity contribution < 1.29 is 0 Å². The van der Waals surface area contributed by atoms with Crippen LogP contribution in [0, 0.1) is 13.8 Å². The van der Waals surface area contributed by atoms with Gasteiger partial charge in [-0.1, -0.05) is 25.1 Å². The van der Waals surface area contributed by atoms with Crippen molar-refractivity contribution in [1.29, 1.82) is 0 Å². The summed E-state index contributed by atoms with van der Waals surface area (Å²) in [5.74, 6) is 1.69. The molecule has 1 aromatic carbocycles. The third kappa shape index (κ3) is 2.67. The Kier molecular flexibility index (Phi) is 3.92. The fourth-order valence-electron chi connectivity index (χ4n) is 2.00. The molecule has 94 valence electrons. The van der Waals surface area contributed by atoms with Crippen LogP contribution in [0.4, 0.5) is 5.82 Å². The van der Waals surface area contributed by atoms with Crippen LogP contribution in [0.3, 0.4) is 0 Å².